The van der Waals surface area contributed by atoms with Crippen molar-refractivity contribution in [1.82, 2.24) is 0 Å². The van der Waals surface area contributed by atoms with Crippen molar-refractivity contribution < 1.29 is 42.2 Å². The molecule has 0 aliphatic heterocycles. The number of ketones is 1. The van der Waals surface area contributed by atoms with Gasteiger partial charge in [-0.25, -0.2) is 24.6 Å². The van der Waals surface area contributed by atoms with Crippen LogP contribution in [-0.2, 0) is 42.2 Å². The number of hydrogen-bond donors (Lipinski definition) is 0. The van der Waals surface area contributed by atoms with Crippen molar-refractivity contribution in [3.63, 3.8) is 0 Å². The fraction of sp³-hybridized carbons (Fsp3) is 0.556. The molecular formula is C18H28O2Y-2. The van der Waals surface area contributed by atoms with Crippen LogP contribution in [-0.4, -0.2) is 12.4 Å². The molecule has 0 aromatic heterocycles. The van der Waals surface area contributed by atoms with E-state index in [2.05, 4.69) is 20.4 Å². The number of carbonyl (C=O) groups excluding carboxylic acids is 1. The summed E-state index contributed by atoms with van der Waals surface area (Å²) in [7, 11) is 0. The summed E-state index contributed by atoms with van der Waals surface area (Å²) in [6.45, 7) is 18.7. The van der Waals surface area contributed by atoms with Crippen LogP contribution in [0.15, 0.2) is 30.1 Å². The van der Waals surface area contributed by atoms with Gasteiger partial charge in [-0.3, -0.25) is 4.79 Å². The average Bonchev–Trinajstić information content (AvgIpc) is 2.63. The molecule has 2 unspecified atom stereocenters. The molecule has 2 nitrogen and oxygen atoms in total. The molecule has 1 aliphatic rings. The Balaban J connectivity index is 0. The van der Waals surface area contributed by atoms with Crippen LogP contribution in [0.5, 0.6) is 0 Å². The number of ether oxygens (including phenoxy) is 1. The Bertz CT molecular complexity index is 354. The van der Waals surface area contributed by atoms with Gasteiger partial charge < -0.3 is 11.3 Å². The summed E-state index contributed by atoms with van der Waals surface area (Å²) in [4.78, 5) is 11.5. The summed E-state index contributed by atoms with van der Waals surface area (Å²) in [5.74, 6) is 1.27. The van der Waals surface area contributed by atoms with Crippen LogP contribution in [0.25, 0.3) is 0 Å². The fourth-order valence-corrected chi connectivity index (χ4v) is 2.11. The van der Waals surface area contributed by atoms with Crippen molar-refractivity contribution in [1.29, 1.82) is 0 Å². The Hall–Kier alpha value is -0.336. The van der Waals surface area contributed by atoms with Crippen molar-refractivity contribution in [2.75, 3.05) is 6.61 Å². The molecule has 0 aromatic rings. The third-order valence-electron chi connectivity index (χ3n) is 3.09. The topological polar surface area (TPSA) is 26.3 Å². The monoisotopic (exact) mass is 365 g/mol. The predicted octanol–water partition coefficient (Wildman–Crippen LogP) is 4.69. The Morgan fingerprint density at radius 3 is 2.52 bits per heavy atom. The molecule has 21 heavy (non-hydrogen) atoms. The van der Waals surface area contributed by atoms with Crippen LogP contribution < -0.4 is 0 Å². The smallest absolute Gasteiger partial charge is 0.136 e. The van der Waals surface area contributed by atoms with Gasteiger partial charge in [-0.05, 0) is 31.3 Å². The summed E-state index contributed by atoms with van der Waals surface area (Å²) >= 11 is 0. The molecule has 0 aromatic carbocycles. The van der Waals surface area contributed by atoms with Crippen LogP contribution in [0.1, 0.15) is 46.5 Å². The first-order valence-corrected chi connectivity index (χ1v) is 7.19. The van der Waals surface area contributed by atoms with E-state index in [9.17, 15) is 4.79 Å². The maximum Gasteiger partial charge on any atom is 0.136 e. The zero-order chi connectivity index (χ0) is 15.5. The van der Waals surface area contributed by atoms with Gasteiger partial charge in [0, 0.05) is 45.0 Å². The van der Waals surface area contributed by atoms with Crippen molar-refractivity contribution in [2.45, 2.75) is 46.5 Å². The van der Waals surface area contributed by atoms with E-state index in [1.165, 1.54) is 0 Å². The number of rotatable bonds is 6. The second-order valence-electron chi connectivity index (χ2n) is 5.65. The first-order chi connectivity index (χ1) is 9.34. The zero-order valence-electron chi connectivity index (χ0n) is 13.7. The van der Waals surface area contributed by atoms with E-state index in [-0.39, 0.29) is 38.6 Å². The molecule has 1 saturated carbocycles. The molecule has 2 atom stereocenters. The molecule has 1 fully saturated rings. The van der Waals surface area contributed by atoms with Gasteiger partial charge in [0.15, 0.2) is 0 Å². The summed E-state index contributed by atoms with van der Waals surface area (Å²) in [5.41, 5.74) is 1.68. The molecule has 0 bridgehead atoms. The normalized spacial score (nSPS) is 20.4. The van der Waals surface area contributed by atoms with Crippen LogP contribution in [0.3, 0.4) is 0 Å². The van der Waals surface area contributed by atoms with Gasteiger partial charge in [0.2, 0.25) is 0 Å². The van der Waals surface area contributed by atoms with Crippen LogP contribution in [0.2, 0.25) is 0 Å². The Labute approximate surface area is 156 Å². The summed E-state index contributed by atoms with van der Waals surface area (Å²) in [6, 6.07) is 0. The van der Waals surface area contributed by atoms with Crippen molar-refractivity contribution >= 4 is 5.78 Å². The standard InChI is InChI=1S/C14H21O2.C4H7.Y/c1-11(2)10-16-9-5-4-6-13-12(3)7-8-14(13)15;1-4(2)3;/h1,5,9,12-13H,4,6-8,10H2,2-3H3;1-2H2,3H3;/q2*-1;/b9-5+;;. The summed E-state index contributed by atoms with van der Waals surface area (Å²) < 4.78 is 5.19. The van der Waals surface area contributed by atoms with E-state index in [0.717, 1.165) is 36.8 Å². The molecule has 0 heterocycles. The molecule has 1 rings (SSSR count). The second-order valence-corrected chi connectivity index (χ2v) is 5.65. The van der Waals surface area contributed by atoms with E-state index in [1.54, 1.807) is 6.26 Å². The minimum Gasteiger partial charge on any atom is -0.511 e. The van der Waals surface area contributed by atoms with Gasteiger partial charge in [-0.1, -0.05) is 20.8 Å². The molecule has 3 heteroatoms. The Morgan fingerprint density at radius 1 is 1.52 bits per heavy atom. The van der Waals surface area contributed by atoms with E-state index in [1.807, 2.05) is 19.9 Å². The van der Waals surface area contributed by atoms with Gasteiger partial charge in [0.1, 0.15) is 5.78 Å². The zero-order valence-corrected chi connectivity index (χ0v) is 16.6. The fourth-order valence-electron chi connectivity index (χ4n) is 2.11. The largest absolute Gasteiger partial charge is 0.511 e. The van der Waals surface area contributed by atoms with Gasteiger partial charge in [0.05, 0.1) is 12.9 Å². The van der Waals surface area contributed by atoms with Crippen molar-refractivity contribution in [2.24, 2.45) is 11.8 Å². The van der Waals surface area contributed by atoms with Crippen molar-refractivity contribution in [3.05, 3.63) is 43.6 Å². The molecule has 0 spiro atoms. The Morgan fingerprint density at radius 2 is 2.10 bits per heavy atom. The van der Waals surface area contributed by atoms with E-state index in [4.69, 9.17) is 11.3 Å². The second kappa shape index (κ2) is 13.3. The van der Waals surface area contributed by atoms with Gasteiger partial charge in [-0.15, -0.1) is 0 Å². The molecule has 117 valence electrons. The quantitative estimate of drug-likeness (QED) is 0.504. The molecular weight excluding hydrogens is 337 g/mol. The minimum atomic E-state index is 0. The maximum absolute atomic E-state index is 11.5. The first-order valence-electron chi connectivity index (χ1n) is 7.19. The molecule has 1 aliphatic carbocycles. The SMILES string of the molecule is C=C([CH2-])C.[CH-]=C(C)CO/C=C/CCC1C(=O)CCC1C.[Y]. The first kappa shape index (κ1) is 22.9. The van der Waals surface area contributed by atoms with Crippen LogP contribution >= 0.6 is 0 Å². The maximum atomic E-state index is 11.5. The third kappa shape index (κ3) is 13.1. The number of hydrogen-bond acceptors (Lipinski definition) is 2. The van der Waals surface area contributed by atoms with Gasteiger partial charge >= 0.3 is 0 Å². The molecule has 1 radical (unpaired) electrons. The predicted molar refractivity (Wildman–Crippen MR) is 84.9 cm³/mol. The number of carbonyl (C=O) groups is 1. The van der Waals surface area contributed by atoms with Crippen LogP contribution in [0, 0.1) is 25.3 Å². The van der Waals surface area contributed by atoms with E-state index >= 15 is 0 Å². The van der Waals surface area contributed by atoms with Crippen molar-refractivity contribution in [3.8, 4) is 0 Å². The number of allylic oxidation sites excluding steroid dienone is 2. The van der Waals surface area contributed by atoms with Gasteiger partial charge in [-0.2, -0.15) is 0 Å². The average molecular weight is 365 g/mol. The summed E-state index contributed by atoms with van der Waals surface area (Å²) in [6.07, 6.45) is 7.34. The van der Waals surface area contributed by atoms with E-state index in [0.29, 0.717) is 18.3 Å². The minimum absolute atomic E-state index is 0. The summed E-state index contributed by atoms with van der Waals surface area (Å²) in [5, 5.41) is 0. The molecule has 0 N–H and O–H groups in total. The van der Waals surface area contributed by atoms with Crippen LogP contribution in [0.4, 0.5) is 0 Å². The van der Waals surface area contributed by atoms with E-state index < -0.39 is 0 Å². The molecule has 0 amide bonds. The third-order valence-corrected chi connectivity index (χ3v) is 3.09. The molecule has 0 saturated heterocycles. The van der Waals surface area contributed by atoms with Gasteiger partial charge in [0.25, 0.3) is 0 Å². The number of Topliss-reactive ketones (excluding diaryl/α,β-unsaturated/α-hetero) is 1. The Kier molecular flexibility index (Phi) is 14.6.